The minimum absolute atomic E-state index is 0.0256. The molecule has 0 bridgehead atoms. The molecule has 1 aromatic carbocycles. The first kappa shape index (κ1) is 18.9. The number of fused-ring (bicyclic) bond motifs is 1. The van der Waals surface area contributed by atoms with Gasteiger partial charge in [-0.1, -0.05) is 30.3 Å². The number of hydrogen-bond acceptors (Lipinski definition) is 5. The fraction of sp³-hybridized carbons (Fsp3) is 0.400. The Hall–Kier alpha value is -2.45. The van der Waals surface area contributed by atoms with Crippen molar-refractivity contribution in [2.24, 2.45) is 0 Å². The van der Waals surface area contributed by atoms with Crippen LogP contribution in [0.2, 0.25) is 0 Å². The predicted molar refractivity (Wildman–Crippen MR) is 110 cm³/mol. The highest BCUT2D eigenvalue weighted by atomic mass is 32.2. The first-order valence-corrected chi connectivity index (χ1v) is 11.0. The Labute approximate surface area is 165 Å². The molecule has 3 heterocycles. The number of likely N-dealkylation sites (N-methyl/N-ethyl adjacent to an activating group) is 1. The minimum Gasteiger partial charge on any atom is -0.355 e. The third-order valence-electron chi connectivity index (χ3n) is 5.29. The predicted octanol–water partition coefficient (Wildman–Crippen LogP) is 2.39. The van der Waals surface area contributed by atoms with E-state index >= 15 is 0 Å². The largest absolute Gasteiger partial charge is 0.355 e. The average Bonchev–Trinajstić information content (AvgIpc) is 3.27. The summed E-state index contributed by atoms with van der Waals surface area (Å²) in [4.78, 5) is 6.74. The summed E-state index contributed by atoms with van der Waals surface area (Å²) in [5.74, 6) is 0.990. The van der Waals surface area contributed by atoms with E-state index in [2.05, 4.69) is 15.0 Å². The van der Waals surface area contributed by atoms with Crippen LogP contribution in [0, 0.1) is 13.8 Å². The van der Waals surface area contributed by atoms with Gasteiger partial charge in [-0.05, 0) is 25.8 Å². The Morgan fingerprint density at radius 1 is 1.14 bits per heavy atom. The van der Waals surface area contributed by atoms with E-state index in [9.17, 15) is 8.42 Å². The van der Waals surface area contributed by atoms with E-state index in [1.165, 1.54) is 0 Å². The van der Waals surface area contributed by atoms with Crippen molar-refractivity contribution >= 4 is 21.5 Å². The summed E-state index contributed by atoms with van der Waals surface area (Å²) in [5.41, 5.74) is 3.47. The number of benzene rings is 1. The molecule has 148 valence electrons. The van der Waals surface area contributed by atoms with E-state index in [4.69, 9.17) is 0 Å². The van der Waals surface area contributed by atoms with Gasteiger partial charge in [0.1, 0.15) is 5.82 Å². The molecule has 1 fully saturated rings. The van der Waals surface area contributed by atoms with Crippen LogP contribution in [0.5, 0.6) is 0 Å². The molecule has 8 heteroatoms. The van der Waals surface area contributed by atoms with E-state index in [1.807, 2.05) is 60.8 Å². The number of anilines is 1. The van der Waals surface area contributed by atoms with Gasteiger partial charge >= 0.3 is 0 Å². The molecule has 1 atom stereocenters. The van der Waals surface area contributed by atoms with Crippen LogP contribution in [0.4, 0.5) is 5.82 Å². The number of aryl methyl sites for hydroxylation is 2. The molecular weight excluding hydrogens is 374 g/mol. The maximum absolute atomic E-state index is 12.9. The van der Waals surface area contributed by atoms with Crippen LogP contribution in [0.1, 0.15) is 23.4 Å². The quantitative estimate of drug-likeness (QED) is 0.659. The first-order chi connectivity index (χ1) is 13.3. The lowest BCUT2D eigenvalue weighted by Gasteiger charge is -2.25. The standard InChI is InChI=1S/C20H25N5O2S/c1-15-12-20(25-19(21-15)11-16(2)22-25)24-10-9-18(13-24)23(3)28(26,27)14-17-7-5-4-6-8-17/h4-8,11-12,18H,9-10,13-14H2,1-3H3. The van der Waals surface area contributed by atoms with Crippen LogP contribution in [0.25, 0.3) is 5.65 Å². The van der Waals surface area contributed by atoms with E-state index in [0.717, 1.165) is 41.4 Å². The van der Waals surface area contributed by atoms with Gasteiger partial charge < -0.3 is 4.90 Å². The van der Waals surface area contributed by atoms with Crippen molar-refractivity contribution in [3.63, 3.8) is 0 Å². The molecule has 4 rings (SSSR count). The Morgan fingerprint density at radius 2 is 1.89 bits per heavy atom. The number of rotatable bonds is 5. The van der Waals surface area contributed by atoms with Gasteiger partial charge in [0.25, 0.3) is 0 Å². The summed E-state index contributed by atoms with van der Waals surface area (Å²) in [6.07, 6.45) is 0.785. The van der Waals surface area contributed by atoms with Crippen molar-refractivity contribution < 1.29 is 8.42 Å². The average molecular weight is 400 g/mol. The van der Waals surface area contributed by atoms with Crippen LogP contribution >= 0.6 is 0 Å². The highest BCUT2D eigenvalue weighted by Gasteiger charge is 2.33. The van der Waals surface area contributed by atoms with E-state index in [1.54, 1.807) is 11.4 Å². The molecule has 0 aliphatic carbocycles. The summed E-state index contributed by atoms with van der Waals surface area (Å²) in [6.45, 7) is 5.34. The maximum Gasteiger partial charge on any atom is 0.218 e. The van der Waals surface area contributed by atoms with Crippen LogP contribution < -0.4 is 4.90 Å². The third-order valence-corrected chi connectivity index (χ3v) is 7.16. The summed E-state index contributed by atoms with van der Waals surface area (Å²) >= 11 is 0. The molecule has 0 radical (unpaired) electrons. The number of aromatic nitrogens is 3. The highest BCUT2D eigenvalue weighted by molar-refractivity contribution is 7.88. The van der Waals surface area contributed by atoms with Crippen LogP contribution in [0.3, 0.4) is 0 Å². The van der Waals surface area contributed by atoms with Crippen LogP contribution in [-0.2, 0) is 15.8 Å². The monoisotopic (exact) mass is 399 g/mol. The first-order valence-electron chi connectivity index (χ1n) is 9.42. The fourth-order valence-corrected chi connectivity index (χ4v) is 5.22. The molecule has 0 saturated carbocycles. The fourth-order valence-electron chi connectivity index (χ4n) is 3.78. The molecule has 1 aliphatic heterocycles. The molecule has 0 amide bonds. The van der Waals surface area contributed by atoms with Crippen molar-refractivity contribution in [2.45, 2.75) is 32.1 Å². The molecule has 3 aromatic rings. The van der Waals surface area contributed by atoms with Crippen LogP contribution in [0.15, 0.2) is 42.5 Å². The third kappa shape index (κ3) is 3.62. The summed E-state index contributed by atoms with van der Waals surface area (Å²) in [6, 6.07) is 13.2. The molecule has 2 aromatic heterocycles. The van der Waals surface area contributed by atoms with Crippen molar-refractivity contribution in [3.05, 3.63) is 59.4 Å². The zero-order valence-corrected chi connectivity index (χ0v) is 17.2. The van der Waals surface area contributed by atoms with E-state index < -0.39 is 10.0 Å². The van der Waals surface area contributed by atoms with E-state index in [-0.39, 0.29) is 11.8 Å². The molecule has 1 saturated heterocycles. The number of nitrogens with zero attached hydrogens (tertiary/aromatic N) is 5. The minimum atomic E-state index is -3.38. The van der Waals surface area contributed by atoms with E-state index in [0.29, 0.717) is 6.54 Å². The second-order valence-electron chi connectivity index (χ2n) is 7.46. The van der Waals surface area contributed by atoms with Gasteiger partial charge in [-0.2, -0.15) is 13.9 Å². The van der Waals surface area contributed by atoms with Crippen molar-refractivity contribution in [1.82, 2.24) is 18.9 Å². The smallest absolute Gasteiger partial charge is 0.218 e. The van der Waals surface area contributed by atoms with Gasteiger partial charge in [-0.25, -0.2) is 13.4 Å². The zero-order valence-electron chi connectivity index (χ0n) is 16.4. The summed E-state index contributed by atoms with van der Waals surface area (Å²) in [5, 5.41) is 4.55. The Morgan fingerprint density at radius 3 is 2.64 bits per heavy atom. The topological polar surface area (TPSA) is 70.8 Å². The second-order valence-corrected chi connectivity index (χ2v) is 9.49. The van der Waals surface area contributed by atoms with Crippen molar-refractivity contribution in [2.75, 3.05) is 25.0 Å². The van der Waals surface area contributed by atoms with Gasteiger partial charge in [-0.3, -0.25) is 0 Å². The van der Waals surface area contributed by atoms with Crippen molar-refractivity contribution in [3.8, 4) is 0 Å². The van der Waals surface area contributed by atoms with Gasteiger partial charge in [0, 0.05) is 44.0 Å². The summed E-state index contributed by atoms with van der Waals surface area (Å²) < 4.78 is 29.2. The zero-order chi connectivity index (χ0) is 19.9. The van der Waals surface area contributed by atoms with Gasteiger partial charge in [-0.15, -0.1) is 0 Å². The Kier molecular flexibility index (Phi) is 4.84. The highest BCUT2D eigenvalue weighted by Crippen LogP contribution is 2.26. The number of hydrogen-bond donors (Lipinski definition) is 0. The molecule has 28 heavy (non-hydrogen) atoms. The molecule has 1 unspecified atom stereocenters. The number of sulfonamides is 1. The SMILES string of the molecule is Cc1cc(N2CCC(N(C)S(=O)(=O)Cc3ccccc3)C2)n2nc(C)cc2n1. The molecule has 0 spiro atoms. The van der Waals surface area contributed by atoms with Crippen LogP contribution in [-0.4, -0.2) is 53.5 Å². The van der Waals surface area contributed by atoms with Crippen molar-refractivity contribution in [1.29, 1.82) is 0 Å². The normalized spacial score (nSPS) is 17.7. The molecular formula is C20H25N5O2S. The summed E-state index contributed by atoms with van der Waals surface area (Å²) in [7, 11) is -1.68. The Balaban J connectivity index is 1.54. The second kappa shape index (κ2) is 7.18. The van der Waals surface area contributed by atoms with Gasteiger partial charge in [0.2, 0.25) is 10.0 Å². The molecule has 0 N–H and O–H groups in total. The lowest BCUT2D eigenvalue weighted by atomic mass is 10.2. The lowest BCUT2D eigenvalue weighted by Crippen LogP contribution is -2.39. The van der Waals surface area contributed by atoms with Gasteiger partial charge in [0.05, 0.1) is 11.4 Å². The lowest BCUT2D eigenvalue weighted by molar-refractivity contribution is 0.389. The molecule has 7 nitrogen and oxygen atoms in total. The molecule has 1 aliphatic rings. The maximum atomic E-state index is 12.9. The Bertz CT molecular complexity index is 1090. The van der Waals surface area contributed by atoms with Gasteiger partial charge in [0.15, 0.2) is 5.65 Å².